The van der Waals surface area contributed by atoms with Crippen LogP contribution >= 0.6 is 0 Å². The molecule has 0 bridgehead atoms. The summed E-state index contributed by atoms with van der Waals surface area (Å²) in [5.41, 5.74) is 1.63. The van der Waals surface area contributed by atoms with E-state index in [1.54, 1.807) is 51.1 Å². The van der Waals surface area contributed by atoms with Crippen LogP contribution < -0.4 is 14.8 Å². The van der Waals surface area contributed by atoms with Crippen molar-refractivity contribution in [1.29, 1.82) is 5.26 Å². The van der Waals surface area contributed by atoms with E-state index in [9.17, 15) is 14.7 Å². The summed E-state index contributed by atoms with van der Waals surface area (Å²) >= 11 is 0. The smallest absolute Gasteiger partial charge is 0.407 e. The quantitative estimate of drug-likeness (QED) is 0.433. The predicted molar refractivity (Wildman–Crippen MR) is 128 cm³/mol. The van der Waals surface area contributed by atoms with Crippen LogP contribution in [-0.2, 0) is 17.9 Å². The van der Waals surface area contributed by atoms with Crippen molar-refractivity contribution in [2.24, 2.45) is 0 Å². The molecule has 35 heavy (non-hydrogen) atoms. The first kappa shape index (κ1) is 25.1. The minimum Gasteiger partial charge on any atom is -0.489 e. The molecule has 0 aliphatic heterocycles. The van der Waals surface area contributed by atoms with Gasteiger partial charge in [-0.3, -0.25) is 0 Å². The summed E-state index contributed by atoms with van der Waals surface area (Å²) in [6, 6.07) is 20.4. The van der Waals surface area contributed by atoms with Crippen molar-refractivity contribution in [3.05, 3.63) is 89.0 Å². The maximum absolute atomic E-state index is 11.9. The Labute approximate surface area is 203 Å². The molecule has 0 unspecified atom stereocenters. The Morgan fingerprint density at radius 2 is 1.63 bits per heavy atom. The van der Waals surface area contributed by atoms with Crippen LogP contribution in [0.1, 0.15) is 47.8 Å². The van der Waals surface area contributed by atoms with E-state index in [4.69, 9.17) is 19.5 Å². The first-order valence-electron chi connectivity index (χ1n) is 10.9. The molecule has 0 fully saturated rings. The highest BCUT2D eigenvalue weighted by atomic mass is 16.6. The molecule has 0 aromatic heterocycles. The van der Waals surface area contributed by atoms with E-state index in [2.05, 4.69) is 5.32 Å². The summed E-state index contributed by atoms with van der Waals surface area (Å²) in [4.78, 5) is 23.5. The van der Waals surface area contributed by atoms with Crippen LogP contribution in [0.15, 0.2) is 66.7 Å². The Morgan fingerprint density at radius 3 is 2.29 bits per heavy atom. The first-order chi connectivity index (χ1) is 16.6. The van der Waals surface area contributed by atoms with Crippen molar-refractivity contribution < 1.29 is 28.9 Å². The monoisotopic (exact) mass is 474 g/mol. The predicted octanol–water partition coefficient (Wildman–Crippen LogP) is 5.65. The number of alkyl carbamates (subject to hydrolysis) is 1. The zero-order chi connectivity index (χ0) is 25.4. The van der Waals surface area contributed by atoms with Gasteiger partial charge in [-0.15, -0.1) is 0 Å². The molecule has 3 rings (SSSR count). The van der Waals surface area contributed by atoms with Gasteiger partial charge in [-0.2, -0.15) is 5.26 Å². The van der Waals surface area contributed by atoms with Crippen LogP contribution in [0.3, 0.4) is 0 Å². The van der Waals surface area contributed by atoms with Gasteiger partial charge in [0.05, 0.1) is 17.2 Å². The zero-order valence-corrected chi connectivity index (χ0v) is 19.7. The van der Waals surface area contributed by atoms with Gasteiger partial charge in [-0.25, -0.2) is 9.59 Å². The standard InChI is InChI=1S/C27H26N2O6/c1-27(2,3)35-26(32)29-16-19-5-4-6-20(11-19)17-33-23-12-21(25(30)31)13-24(14-23)34-22-9-7-18(15-28)8-10-22/h4-14H,16-17H2,1-3H3,(H,29,32)(H,30,31). The second kappa shape index (κ2) is 11.1. The van der Waals surface area contributed by atoms with Crippen LogP contribution in [0.2, 0.25) is 0 Å². The molecule has 0 saturated heterocycles. The Hall–Kier alpha value is -4.51. The lowest BCUT2D eigenvalue weighted by molar-refractivity contribution is 0.0523. The second-order valence-electron chi connectivity index (χ2n) is 8.70. The van der Waals surface area contributed by atoms with Gasteiger partial charge in [0, 0.05) is 12.6 Å². The maximum Gasteiger partial charge on any atom is 0.407 e. The Kier molecular flexibility index (Phi) is 7.95. The number of carboxylic acid groups (broad SMARTS) is 1. The molecular weight excluding hydrogens is 448 g/mol. The fraction of sp³-hybridized carbons (Fsp3) is 0.222. The van der Waals surface area contributed by atoms with E-state index in [1.165, 1.54) is 12.1 Å². The van der Waals surface area contributed by atoms with Crippen LogP contribution in [0, 0.1) is 11.3 Å². The lowest BCUT2D eigenvalue weighted by Crippen LogP contribution is -2.32. The number of aromatic carboxylic acids is 1. The first-order valence-corrected chi connectivity index (χ1v) is 10.9. The number of carbonyl (C=O) groups excluding carboxylic acids is 1. The van der Waals surface area contributed by atoms with Crippen molar-refractivity contribution in [3.63, 3.8) is 0 Å². The summed E-state index contributed by atoms with van der Waals surface area (Å²) in [6.45, 7) is 5.86. The van der Waals surface area contributed by atoms with Crippen LogP contribution in [0.5, 0.6) is 17.2 Å². The number of hydrogen-bond acceptors (Lipinski definition) is 6. The summed E-state index contributed by atoms with van der Waals surface area (Å²) in [5.74, 6) is -0.0382. The number of nitriles is 1. The molecule has 0 saturated carbocycles. The van der Waals surface area contributed by atoms with E-state index >= 15 is 0 Å². The third kappa shape index (κ3) is 8.09. The molecule has 180 valence electrons. The number of carboxylic acids is 1. The molecular formula is C27H26N2O6. The van der Waals surface area contributed by atoms with Crippen molar-refractivity contribution in [1.82, 2.24) is 5.32 Å². The molecule has 1 amide bonds. The van der Waals surface area contributed by atoms with Crippen molar-refractivity contribution in [2.45, 2.75) is 39.5 Å². The average Bonchev–Trinajstić information content (AvgIpc) is 2.81. The second-order valence-corrected chi connectivity index (χ2v) is 8.70. The molecule has 0 spiro atoms. The van der Waals surface area contributed by atoms with E-state index in [-0.39, 0.29) is 12.2 Å². The highest BCUT2D eigenvalue weighted by Gasteiger charge is 2.16. The van der Waals surface area contributed by atoms with E-state index in [0.717, 1.165) is 11.1 Å². The van der Waals surface area contributed by atoms with Gasteiger partial charge < -0.3 is 24.6 Å². The summed E-state index contributed by atoms with van der Waals surface area (Å²) in [6.07, 6.45) is -0.501. The Bertz CT molecular complexity index is 1240. The van der Waals surface area contributed by atoms with Gasteiger partial charge in [0.15, 0.2) is 0 Å². The number of amides is 1. The van der Waals surface area contributed by atoms with E-state index < -0.39 is 17.7 Å². The van der Waals surface area contributed by atoms with E-state index in [1.807, 2.05) is 30.3 Å². The Balaban J connectivity index is 1.67. The fourth-order valence-corrected chi connectivity index (χ4v) is 3.06. The van der Waals surface area contributed by atoms with Gasteiger partial charge >= 0.3 is 12.1 Å². The van der Waals surface area contributed by atoms with Gasteiger partial charge in [0.2, 0.25) is 0 Å². The Morgan fingerprint density at radius 1 is 0.943 bits per heavy atom. The number of carbonyl (C=O) groups is 2. The largest absolute Gasteiger partial charge is 0.489 e. The molecule has 0 radical (unpaired) electrons. The fourth-order valence-electron chi connectivity index (χ4n) is 3.06. The number of nitrogens with zero attached hydrogens (tertiary/aromatic N) is 1. The number of hydrogen-bond donors (Lipinski definition) is 2. The van der Waals surface area contributed by atoms with Gasteiger partial charge in [0.1, 0.15) is 29.5 Å². The van der Waals surface area contributed by atoms with Crippen molar-refractivity contribution in [3.8, 4) is 23.3 Å². The topological polar surface area (TPSA) is 118 Å². The minimum atomic E-state index is -1.12. The summed E-state index contributed by atoms with van der Waals surface area (Å²) < 4.78 is 16.9. The van der Waals surface area contributed by atoms with Gasteiger partial charge in [-0.1, -0.05) is 24.3 Å². The SMILES string of the molecule is CC(C)(C)OC(=O)NCc1cccc(COc2cc(Oc3ccc(C#N)cc3)cc(C(=O)O)c2)c1. The van der Waals surface area contributed by atoms with Gasteiger partial charge in [-0.05, 0) is 68.3 Å². The molecule has 3 aromatic carbocycles. The summed E-state index contributed by atoms with van der Waals surface area (Å²) in [5, 5.41) is 21.1. The molecule has 0 heterocycles. The van der Waals surface area contributed by atoms with Crippen molar-refractivity contribution >= 4 is 12.1 Å². The van der Waals surface area contributed by atoms with Crippen LogP contribution in [0.25, 0.3) is 0 Å². The number of ether oxygens (including phenoxy) is 3. The molecule has 0 aliphatic rings. The van der Waals surface area contributed by atoms with Crippen LogP contribution in [-0.4, -0.2) is 22.8 Å². The number of rotatable bonds is 8. The lowest BCUT2D eigenvalue weighted by Gasteiger charge is -2.19. The summed E-state index contributed by atoms with van der Waals surface area (Å²) in [7, 11) is 0. The third-order valence-electron chi connectivity index (χ3n) is 4.58. The normalized spacial score (nSPS) is 10.7. The molecule has 3 aromatic rings. The zero-order valence-electron chi connectivity index (χ0n) is 19.7. The highest BCUT2D eigenvalue weighted by Crippen LogP contribution is 2.28. The molecule has 8 nitrogen and oxygen atoms in total. The third-order valence-corrected chi connectivity index (χ3v) is 4.58. The highest BCUT2D eigenvalue weighted by molar-refractivity contribution is 5.88. The van der Waals surface area contributed by atoms with Crippen LogP contribution in [0.4, 0.5) is 4.79 Å². The van der Waals surface area contributed by atoms with Gasteiger partial charge in [0.25, 0.3) is 0 Å². The molecule has 0 aliphatic carbocycles. The lowest BCUT2D eigenvalue weighted by atomic mass is 10.1. The molecule has 2 N–H and O–H groups in total. The number of nitrogens with one attached hydrogen (secondary N) is 1. The maximum atomic E-state index is 11.9. The van der Waals surface area contributed by atoms with Crippen molar-refractivity contribution in [2.75, 3.05) is 0 Å². The molecule has 8 heteroatoms. The van der Waals surface area contributed by atoms with E-state index in [0.29, 0.717) is 29.4 Å². The molecule has 0 atom stereocenters. The minimum absolute atomic E-state index is 0.0152. The number of benzene rings is 3. The average molecular weight is 475 g/mol.